The van der Waals surface area contributed by atoms with Crippen molar-refractivity contribution in [2.45, 2.75) is 52.7 Å². The molecule has 3 N–H and O–H groups in total. The van der Waals surface area contributed by atoms with Crippen LogP contribution in [0.5, 0.6) is 0 Å². The maximum atomic E-state index is 9.86. The van der Waals surface area contributed by atoms with Gasteiger partial charge < -0.3 is 15.5 Å². The van der Waals surface area contributed by atoms with Crippen molar-refractivity contribution in [3.63, 3.8) is 0 Å². The molecule has 0 saturated carbocycles. The molecule has 2 aromatic heterocycles. The van der Waals surface area contributed by atoms with Crippen molar-refractivity contribution in [3.05, 3.63) is 48.9 Å². The molecular weight excluding hydrogens is 459 g/mol. The number of thiazole rings is 1. The van der Waals surface area contributed by atoms with Gasteiger partial charge in [0.2, 0.25) is 0 Å². The van der Waals surface area contributed by atoms with E-state index < -0.39 is 6.29 Å². The zero-order chi connectivity index (χ0) is 22.2. The summed E-state index contributed by atoms with van der Waals surface area (Å²) in [7, 11) is 0. The van der Waals surface area contributed by atoms with Gasteiger partial charge in [-0.3, -0.25) is 0 Å². The van der Waals surface area contributed by atoms with Crippen molar-refractivity contribution in [2.24, 2.45) is 5.92 Å². The Morgan fingerprint density at radius 2 is 1.77 bits per heavy atom. The first-order valence-electron chi connectivity index (χ1n) is 9.68. The predicted molar refractivity (Wildman–Crippen MR) is 130 cm³/mol. The molecule has 0 unspecified atom stereocenters. The Kier molecular flexibility index (Phi) is 7.17. The average Bonchev–Trinajstić information content (AvgIpc) is 3.21. The number of anilines is 2. The molecule has 0 spiro atoms. The molecule has 3 aromatic rings. The lowest BCUT2D eigenvalue weighted by atomic mass is 9.94. The molecule has 3 rings (SSSR count). The number of aliphatic hydroxyl groups is 2. The summed E-state index contributed by atoms with van der Waals surface area (Å²) < 4.78 is 0. The number of halogens is 2. The Balaban J connectivity index is 2.02. The Morgan fingerprint density at radius 3 is 2.33 bits per heavy atom. The molecule has 0 saturated heterocycles. The Labute approximate surface area is 195 Å². The molecule has 4 nitrogen and oxygen atoms in total. The smallest absolute Gasteiger partial charge is 0.190 e. The van der Waals surface area contributed by atoms with E-state index in [9.17, 15) is 10.2 Å². The van der Waals surface area contributed by atoms with Crippen LogP contribution in [0.4, 0.5) is 10.8 Å². The Morgan fingerprint density at radius 1 is 1.07 bits per heavy atom. The van der Waals surface area contributed by atoms with Crippen molar-refractivity contribution in [1.82, 2.24) is 4.98 Å². The van der Waals surface area contributed by atoms with Gasteiger partial charge in [0, 0.05) is 15.3 Å². The Bertz CT molecular complexity index is 1040. The van der Waals surface area contributed by atoms with Gasteiger partial charge in [-0.05, 0) is 36.0 Å². The van der Waals surface area contributed by atoms with Gasteiger partial charge in [0.15, 0.2) is 11.4 Å². The van der Waals surface area contributed by atoms with Gasteiger partial charge in [0.05, 0.1) is 26.3 Å². The number of aliphatic hydroxyl groups excluding tert-OH is 1. The van der Waals surface area contributed by atoms with Crippen molar-refractivity contribution in [2.75, 3.05) is 5.32 Å². The van der Waals surface area contributed by atoms with Crippen LogP contribution in [-0.4, -0.2) is 15.2 Å². The van der Waals surface area contributed by atoms with Crippen molar-refractivity contribution in [3.8, 4) is 11.3 Å². The molecule has 0 bridgehead atoms. The maximum Gasteiger partial charge on any atom is 0.190 e. The standard InChI is InChI=1S/C22H26Cl2N2O2S2/c1-11(2)8-16-18(12-6-7-13(23)14(24)9-12)26-21(29-16)25-15-10-17(22(3,4)5)30-19(15)20(27)28/h6-7,9-11,20,27-28H,8H2,1-5H3,(H,25,26). The Hall–Kier alpha value is -1.15. The highest BCUT2D eigenvalue weighted by Crippen LogP contribution is 2.41. The number of hydrogen-bond acceptors (Lipinski definition) is 6. The molecule has 1 aromatic carbocycles. The monoisotopic (exact) mass is 484 g/mol. The van der Waals surface area contributed by atoms with Crippen LogP contribution in [-0.2, 0) is 11.8 Å². The summed E-state index contributed by atoms with van der Waals surface area (Å²) in [5, 5.41) is 24.7. The zero-order valence-corrected chi connectivity index (χ0v) is 20.7. The SMILES string of the molecule is CC(C)Cc1sc(Nc2cc(C(C)(C)C)sc2C(O)O)nc1-c1ccc(Cl)c(Cl)c1. The third kappa shape index (κ3) is 5.36. The van der Waals surface area contributed by atoms with Gasteiger partial charge in [-0.25, -0.2) is 4.98 Å². The van der Waals surface area contributed by atoms with E-state index in [2.05, 4.69) is 39.9 Å². The molecule has 8 heteroatoms. The zero-order valence-electron chi connectivity index (χ0n) is 17.6. The lowest BCUT2D eigenvalue weighted by Gasteiger charge is -2.15. The minimum absolute atomic E-state index is 0.0921. The van der Waals surface area contributed by atoms with Crippen LogP contribution in [0.15, 0.2) is 24.3 Å². The van der Waals surface area contributed by atoms with Gasteiger partial charge in [-0.1, -0.05) is 63.9 Å². The molecule has 0 atom stereocenters. The molecule has 30 heavy (non-hydrogen) atoms. The number of aromatic nitrogens is 1. The summed E-state index contributed by atoms with van der Waals surface area (Å²) in [5.41, 5.74) is 2.36. The first-order valence-corrected chi connectivity index (χ1v) is 12.1. The fourth-order valence-electron chi connectivity index (χ4n) is 2.96. The van der Waals surface area contributed by atoms with Crippen LogP contribution in [0, 0.1) is 5.92 Å². The van der Waals surface area contributed by atoms with Crippen LogP contribution in [0.3, 0.4) is 0 Å². The largest absolute Gasteiger partial charge is 0.364 e. The lowest BCUT2D eigenvalue weighted by Crippen LogP contribution is -2.08. The van der Waals surface area contributed by atoms with Crippen LogP contribution < -0.4 is 5.32 Å². The second-order valence-electron chi connectivity index (χ2n) is 8.65. The number of nitrogens with one attached hydrogen (secondary N) is 1. The van der Waals surface area contributed by atoms with Crippen molar-refractivity contribution < 1.29 is 10.2 Å². The van der Waals surface area contributed by atoms with Crippen LogP contribution in [0.25, 0.3) is 11.3 Å². The summed E-state index contributed by atoms with van der Waals surface area (Å²) in [4.78, 5) is 7.51. The van der Waals surface area contributed by atoms with E-state index >= 15 is 0 Å². The fourth-order valence-corrected chi connectivity index (χ4v) is 5.51. The van der Waals surface area contributed by atoms with Crippen LogP contribution >= 0.6 is 45.9 Å². The predicted octanol–water partition coefficient (Wildman–Crippen LogP) is 7.40. The minimum atomic E-state index is -1.54. The molecule has 0 fully saturated rings. The number of benzene rings is 1. The molecule has 0 aliphatic rings. The summed E-state index contributed by atoms with van der Waals surface area (Å²) >= 11 is 15.3. The maximum absolute atomic E-state index is 9.86. The first-order chi connectivity index (χ1) is 14.0. The molecule has 0 amide bonds. The second kappa shape index (κ2) is 9.15. The van der Waals surface area contributed by atoms with Crippen molar-refractivity contribution >= 4 is 56.7 Å². The molecular formula is C22H26Cl2N2O2S2. The third-order valence-electron chi connectivity index (χ3n) is 4.46. The number of hydrogen-bond donors (Lipinski definition) is 3. The van der Waals surface area contributed by atoms with Gasteiger partial charge >= 0.3 is 0 Å². The third-order valence-corrected chi connectivity index (χ3v) is 7.79. The minimum Gasteiger partial charge on any atom is -0.364 e. The van der Waals surface area contributed by atoms with Gasteiger partial charge in [0.1, 0.15) is 0 Å². The first kappa shape index (κ1) is 23.5. The van der Waals surface area contributed by atoms with Gasteiger partial charge in [0.25, 0.3) is 0 Å². The van der Waals surface area contributed by atoms with E-state index in [1.54, 1.807) is 17.4 Å². The molecule has 0 aliphatic carbocycles. The fraction of sp³-hybridized carbons (Fsp3) is 0.409. The highest BCUT2D eigenvalue weighted by molar-refractivity contribution is 7.16. The van der Waals surface area contributed by atoms with E-state index in [0.29, 0.717) is 31.7 Å². The normalized spacial score (nSPS) is 12.2. The molecule has 2 heterocycles. The number of rotatable bonds is 6. The topological polar surface area (TPSA) is 65.4 Å². The van der Waals surface area contributed by atoms with Crippen LogP contribution in [0.2, 0.25) is 10.0 Å². The van der Waals surface area contributed by atoms with E-state index in [-0.39, 0.29) is 5.41 Å². The number of thiophene rings is 1. The summed E-state index contributed by atoms with van der Waals surface area (Å²) in [6.45, 7) is 10.6. The highest BCUT2D eigenvalue weighted by Gasteiger charge is 2.24. The second-order valence-corrected chi connectivity index (χ2v) is 11.6. The van der Waals surface area contributed by atoms with E-state index in [1.807, 2.05) is 18.2 Å². The highest BCUT2D eigenvalue weighted by atomic mass is 35.5. The summed E-state index contributed by atoms with van der Waals surface area (Å²) in [6.07, 6.45) is -0.667. The van der Waals surface area contributed by atoms with Crippen molar-refractivity contribution in [1.29, 1.82) is 0 Å². The molecule has 162 valence electrons. The van der Waals surface area contributed by atoms with Gasteiger partial charge in [-0.15, -0.1) is 22.7 Å². The molecule has 0 aliphatic heterocycles. The van der Waals surface area contributed by atoms with E-state index in [4.69, 9.17) is 28.2 Å². The number of nitrogens with zero attached hydrogens (tertiary/aromatic N) is 1. The summed E-state index contributed by atoms with van der Waals surface area (Å²) in [5.74, 6) is 0.461. The van der Waals surface area contributed by atoms with E-state index in [0.717, 1.165) is 27.4 Å². The average molecular weight is 486 g/mol. The summed E-state index contributed by atoms with van der Waals surface area (Å²) in [6, 6.07) is 7.50. The molecule has 0 radical (unpaired) electrons. The van der Waals surface area contributed by atoms with Gasteiger partial charge in [-0.2, -0.15) is 0 Å². The van der Waals surface area contributed by atoms with Crippen LogP contribution in [0.1, 0.15) is 55.5 Å². The van der Waals surface area contributed by atoms with E-state index in [1.165, 1.54) is 11.3 Å². The lowest BCUT2D eigenvalue weighted by molar-refractivity contribution is -0.0390. The quantitative estimate of drug-likeness (QED) is 0.318.